The van der Waals surface area contributed by atoms with Gasteiger partial charge in [0, 0.05) is 39.2 Å². The standard InChI is InChI=1S/C26H22N4O6S2/c1-35-22-10-9-16(12-23(22)36-2)21-14-38-26(28-21)29-24(31)15-37-20-8-4-6-18(13-20)27-25(32)17-5-3-7-19(11-17)30(33)34/h3-14H,15H2,1-2H3,(H,27,32)(H,28,29,31). The van der Waals surface area contributed by atoms with Gasteiger partial charge in [-0.2, -0.15) is 0 Å². The number of aromatic nitrogens is 1. The van der Waals surface area contributed by atoms with Gasteiger partial charge in [-0.3, -0.25) is 19.7 Å². The zero-order valence-electron chi connectivity index (χ0n) is 20.3. The molecule has 3 aromatic carbocycles. The molecule has 0 unspecified atom stereocenters. The van der Waals surface area contributed by atoms with E-state index in [0.717, 1.165) is 10.5 Å². The van der Waals surface area contributed by atoms with Gasteiger partial charge in [-0.1, -0.05) is 12.1 Å². The monoisotopic (exact) mass is 550 g/mol. The summed E-state index contributed by atoms with van der Waals surface area (Å²) in [6.45, 7) is 0. The molecule has 194 valence electrons. The van der Waals surface area contributed by atoms with Crippen molar-refractivity contribution in [2.75, 3.05) is 30.6 Å². The SMILES string of the molecule is COc1ccc(-c2csc(NC(=O)CSc3cccc(NC(=O)c4cccc([N+](=O)[O-])c4)c3)n2)cc1OC. The van der Waals surface area contributed by atoms with Crippen molar-refractivity contribution in [1.29, 1.82) is 0 Å². The van der Waals surface area contributed by atoms with Crippen LogP contribution in [0.3, 0.4) is 0 Å². The van der Waals surface area contributed by atoms with Crippen LogP contribution < -0.4 is 20.1 Å². The number of thioether (sulfide) groups is 1. The smallest absolute Gasteiger partial charge is 0.270 e. The Balaban J connectivity index is 1.33. The van der Waals surface area contributed by atoms with Crippen LogP contribution in [0.5, 0.6) is 11.5 Å². The Bertz CT molecular complexity index is 1490. The van der Waals surface area contributed by atoms with Crippen molar-refractivity contribution in [3.8, 4) is 22.8 Å². The lowest BCUT2D eigenvalue weighted by Crippen LogP contribution is -2.14. The van der Waals surface area contributed by atoms with Gasteiger partial charge in [-0.05, 0) is 42.5 Å². The normalized spacial score (nSPS) is 10.5. The van der Waals surface area contributed by atoms with Crippen LogP contribution in [0.25, 0.3) is 11.3 Å². The highest BCUT2D eigenvalue weighted by Crippen LogP contribution is 2.33. The predicted octanol–water partition coefficient (Wildman–Crippen LogP) is 5.72. The van der Waals surface area contributed by atoms with Crippen LogP contribution in [-0.4, -0.2) is 41.7 Å². The summed E-state index contributed by atoms with van der Waals surface area (Å²) in [5.74, 6) is 0.637. The number of thiazole rings is 1. The number of non-ortho nitro benzene ring substituents is 1. The molecule has 0 bridgehead atoms. The maximum Gasteiger partial charge on any atom is 0.270 e. The fourth-order valence-electron chi connectivity index (χ4n) is 3.39. The Hall–Kier alpha value is -4.42. The highest BCUT2D eigenvalue weighted by Gasteiger charge is 2.14. The van der Waals surface area contributed by atoms with Gasteiger partial charge in [0.15, 0.2) is 16.6 Å². The molecule has 4 rings (SSSR count). The summed E-state index contributed by atoms with van der Waals surface area (Å²) >= 11 is 2.61. The molecule has 0 saturated heterocycles. The average Bonchev–Trinajstić information content (AvgIpc) is 3.40. The third-order valence-electron chi connectivity index (χ3n) is 5.21. The zero-order valence-corrected chi connectivity index (χ0v) is 21.9. The minimum atomic E-state index is -0.554. The van der Waals surface area contributed by atoms with Crippen molar-refractivity contribution >= 4 is 51.4 Å². The summed E-state index contributed by atoms with van der Waals surface area (Å²) in [5, 5.41) is 18.8. The Morgan fingerprint density at radius 3 is 2.55 bits per heavy atom. The Kier molecular flexibility index (Phi) is 8.56. The Morgan fingerprint density at radius 2 is 1.79 bits per heavy atom. The van der Waals surface area contributed by atoms with Crippen LogP contribution in [0.1, 0.15) is 10.4 Å². The average molecular weight is 551 g/mol. The molecular weight excluding hydrogens is 528 g/mol. The maximum atomic E-state index is 12.5. The highest BCUT2D eigenvalue weighted by atomic mass is 32.2. The Morgan fingerprint density at radius 1 is 1.00 bits per heavy atom. The number of rotatable bonds is 10. The van der Waals surface area contributed by atoms with Gasteiger partial charge in [0.2, 0.25) is 5.91 Å². The van der Waals surface area contributed by atoms with E-state index in [1.54, 1.807) is 38.5 Å². The molecule has 1 heterocycles. The van der Waals surface area contributed by atoms with E-state index in [-0.39, 0.29) is 22.9 Å². The number of amides is 2. The van der Waals surface area contributed by atoms with Crippen molar-refractivity contribution in [2.24, 2.45) is 0 Å². The largest absolute Gasteiger partial charge is 0.493 e. The maximum absolute atomic E-state index is 12.5. The first-order chi connectivity index (χ1) is 18.4. The molecule has 0 aliphatic carbocycles. The van der Waals surface area contributed by atoms with Crippen molar-refractivity contribution in [3.63, 3.8) is 0 Å². The van der Waals surface area contributed by atoms with Gasteiger partial charge >= 0.3 is 0 Å². The van der Waals surface area contributed by atoms with Crippen LogP contribution in [0.4, 0.5) is 16.5 Å². The first-order valence-corrected chi connectivity index (χ1v) is 13.0. The molecule has 2 N–H and O–H groups in total. The summed E-state index contributed by atoms with van der Waals surface area (Å²) in [6.07, 6.45) is 0. The van der Waals surface area contributed by atoms with Crippen molar-refractivity contribution in [1.82, 2.24) is 4.98 Å². The van der Waals surface area contributed by atoms with E-state index < -0.39 is 10.8 Å². The number of methoxy groups -OCH3 is 2. The van der Waals surface area contributed by atoms with Crippen LogP contribution in [0, 0.1) is 10.1 Å². The molecule has 1 aromatic heterocycles. The van der Waals surface area contributed by atoms with Crippen molar-refractivity contribution in [2.45, 2.75) is 4.90 Å². The van der Waals surface area contributed by atoms with Gasteiger partial charge in [0.25, 0.3) is 11.6 Å². The first kappa shape index (κ1) is 26.6. The molecule has 0 radical (unpaired) electrons. The van der Waals surface area contributed by atoms with E-state index in [0.29, 0.717) is 28.0 Å². The number of ether oxygens (including phenoxy) is 2. The van der Waals surface area contributed by atoms with E-state index in [1.807, 2.05) is 23.6 Å². The Labute approximate surface area is 226 Å². The number of carbonyl (C=O) groups is 2. The minimum Gasteiger partial charge on any atom is -0.493 e. The van der Waals surface area contributed by atoms with Crippen LogP contribution in [0.15, 0.2) is 77.0 Å². The quantitative estimate of drug-likeness (QED) is 0.146. The van der Waals surface area contributed by atoms with Crippen LogP contribution >= 0.6 is 23.1 Å². The van der Waals surface area contributed by atoms with Crippen LogP contribution in [-0.2, 0) is 4.79 Å². The summed E-state index contributed by atoms with van der Waals surface area (Å²) in [6, 6.07) is 18.0. The molecule has 0 aliphatic rings. The van der Waals surface area contributed by atoms with Gasteiger partial charge in [0.05, 0.1) is 30.6 Å². The molecular formula is C26H22N4O6S2. The van der Waals surface area contributed by atoms with Crippen molar-refractivity contribution in [3.05, 3.63) is 87.8 Å². The lowest BCUT2D eigenvalue weighted by Gasteiger charge is -2.08. The van der Waals surface area contributed by atoms with Gasteiger partial charge in [-0.15, -0.1) is 23.1 Å². The molecule has 0 fully saturated rings. The third kappa shape index (κ3) is 6.66. The molecule has 2 amide bonds. The third-order valence-corrected chi connectivity index (χ3v) is 6.96. The number of carbonyl (C=O) groups excluding carboxylic acids is 2. The minimum absolute atomic E-state index is 0.132. The molecule has 12 heteroatoms. The summed E-state index contributed by atoms with van der Waals surface area (Å²) < 4.78 is 10.6. The molecule has 0 atom stereocenters. The molecule has 0 spiro atoms. The number of hydrogen-bond acceptors (Lipinski definition) is 9. The number of nitrogens with zero attached hydrogens (tertiary/aromatic N) is 2. The van der Waals surface area contributed by atoms with E-state index >= 15 is 0 Å². The first-order valence-electron chi connectivity index (χ1n) is 11.1. The summed E-state index contributed by atoms with van der Waals surface area (Å²) in [5.41, 5.74) is 2.05. The van der Waals surface area contributed by atoms with E-state index in [9.17, 15) is 19.7 Å². The number of nitro groups is 1. The van der Waals surface area contributed by atoms with Gasteiger partial charge < -0.3 is 20.1 Å². The fraction of sp³-hybridized carbons (Fsp3) is 0.115. The van der Waals surface area contributed by atoms with E-state index in [1.165, 1.54) is 47.4 Å². The fourth-order valence-corrected chi connectivity index (χ4v) is 4.88. The van der Waals surface area contributed by atoms with Crippen molar-refractivity contribution < 1.29 is 24.0 Å². The summed E-state index contributed by atoms with van der Waals surface area (Å²) in [4.78, 5) is 40.7. The topological polar surface area (TPSA) is 133 Å². The second-order valence-electron chi connectivity index (χ2n) is 7.73. The lowest BCUT2D eigenvalue weighted by molar-refractivity contribution is -0.384. The van der Waals surface area contributed by atoms with E-state index in [4.69, 9.17) is 9.47 Å². The number of nitro benzene ring substituents is 1. The zero-order chi connectivity index (χ0) is 27.1. The molecule has 38 heavy (non-hydrogen) atoms. The molecule has 0 aliphatic heterocycles. The molecule has 0 saturated carbocycles. The van der Waals surface area contributed by atoms with E-state index in [2.05, 4.69) is 15.6 Å². The van der Waals surface area contributed by atoms with Gasteiger partial charge in [-0.25, -0.2) is 4.98 Å². The number of nitrogens with one attached hydrogen (secondary N) is 2. The lowest BCUT2D eigenvalue weighted by atomic mass is 10.1. The molecule has 10 nitrogen and oxygen atoms in total. The second kappa shape index (κ2) is 12.2. The number of hydrogen-bond donors (Lipinski definition) is 2. The number of anilines is 2. The predicted molar refractivity (Wildman–Crippen MR) is 147 cm³/mol. The molecule has 4 aromatic rings. The second-order valence-corrected chi connectivity index (χ2v) is 9.64. The highest BCUT2D eigenvalue weighted by molar-refractivity contribution is 8.00. The number of benzene rings is 3. The van der Waals surface area contributed by atoms with Gasteiger partial charge in [0.1, 0.15) is 0 Å². The summed E-state index contributed by atoms with van der Waals surface area (Å²) in [7, 11) is 3.13. The van der Waals surface area contributed by atoms with Crippen LogP contribution in [0.2, 0.25) is 0 Å².